The number of likely N-dealkylation sites (tertiary alicyclic amines) is 1. The molecule has 1 fully saturated rings. The molecule has 1 aliphatic rings. The van der Waals surface area contributed by atoms with Crippen molar-refractivity contribution >= 4 is 0 Å². The summed E-state index contributed by atoms with van der Waals surface area (Å²) in [4.78, 5) is 2.58. The molecular formula is C10H22N2. The van der Waals surface area contributed by atoms with Gasteiger partial charge in [-0.25, -0.2) is 0 Å². The monoisotopic (exact) mass is 170 g/mol. The third-order valence-electron chi connectivity index (χ3n) is 2.85. The van der Waals surface area contributed by atoms with Gasteiger partial charge in [-0.2, -0.15) is 0 Å². The lowest BCUT2D eigenvalue weighted by atomic mass is 10.1. The van der Waals surface area contributed by atoms with Crippen LogP contribution in [0.4, 0.5) is 0 Å². The van der Waals surface area contributed by atoms with Crippen molar-refractivity contribution in [1.82, 2.24) is 10.2 Å². The Bertz CT molecular complexity index is 123. The zero-order valence-corrected chi connectivity index (χ0v) is 8.64. The average Bonchev–Trinajstić information content (AvgIpc) is 2.48. The second-order valence-corrected chi connectivity index (χ2v) is 4.14. The first-order valence-electron chi connectivity index (χ1n) is 5.12. The molecule has 2 heteroatoms. The number of nitrogens with zero attached hydrogens (tertiary/aromatic N) is 1. The van der Waals surface area contributed by atoms with E-state index in [1.165, 1.54) is 32.5 Å². The van der Waals surface area contributed by atoms with Crippen molar-refractivity contribution in [2.45, 2.75) is 32.7 Å². The Morgan fingerprint density at radius 1 is 1.50 bits per heavy atom. The van der Waals surface area contributed by atoms with Gasteiger partial charge in [-0.05, 0) is 52.7 Å². The quantitative estimate of drug-likeness (QED) is 0.684. The van der Waals surface area contributed by atoms with Gasteiger partial charge in [-0.1, -0.05) is 0 Å². The molecule has 1 atom stereocenters. The number of hydrogen-bond acceptors (Lipinski definition) is 2. The molecule has 1 N–H and O–H groups in total. The highest BCUT2D eigenvalue weighted by molar-refractivity contribution is 4.77. The minimum absolute atomic E-state index is 0.740. The van der Waals surface area contributed by atoms with Crippen molar-refractivity contribution in [3.63, 3.8) is 0 Å². The molecular weight excluding hydrogens is 148 g/mol. The van der Waals surface area contributed by atoms with Crippen LogP contribution in [0.2, 0.25) is 0 Å². The largest absolute Gasteiger partial charge is 0.320 e. The van der Waals surface area contributed by atoms with Crippen molar-refractivity contribution in [2.24, 2.45) is 5.92 Å². The van der Waals surface area contributed by atoms with Crippen LogP contribution in [0.15, 0.2) is 0 Å². The van der Waals surface area contributed by atoms with Crippen LogP contribution in [0.3, 0.4) is 0 Å². The van der Waals surface area contributed by atoms with Gasteiger partial charge in [0.15, 0.2) is 0 Å². The lowest BCUT2D eigenvalue weighted by Gasteiger charge is -2.20. The molecule has 1 rings (SSSR count). The molecule has 0 amide bonds. The first kappa shape index (κ1) is 10.0. The zero-order chi connectivity index (χ0) is 8.97. The predicted molar refractivity (Wildman–Crippen MR) is 53.4 cm³/mol. The molecule has 0 aromatic rings. The van der Waals surface area contributed by atoms with Crippen LogP contribution in [-0.4, -0.2) is 37.6 Å². The van der Waals surface area contributed by atoms with Crippen LogP contribution in [0.25, 0.3) is 0 Å². The van der Waals surface area contributed by atoms with Gasteiger partial charge >= 0.3 is 0 Å². The highest BCUT2D eigenvalue weighted by Crippen LogP contribution is 2.20. The van der Waals surface area contributed by atoms with Crippen molar-refractivity contribution in [3.8, 4) is 0 Å². The van der Waals surface area contributed by atoms with E-state index in [1.54, 1.807) is 0 Å². The summed E-state index contributed by atoms with van der Waals surface area (Å²) in [6, 6.07) is 0.740. The van der Waals surface area contributed by atoms with E-state index in [9.17, 15) is 0 Å². The van der Waals surface area contributed by atoms with Crippen molar-refractivity contribution in [1.29, 1.82) is 0 Å². The lowest BCUT2D eigenvalue weighted by Crippen LogP contribution is -2.28. The fourth-order valence-corrected chi connectivity index (χ4v) is 1.92. The first-order valence-corrected chi connectivity index (χ1v) is 5.12. The first-order chi connectivity index (χ1) is 5.74. The Labute approximate surface area is 76.3 Å². The highest BCUT2D eigenvalue weighted by Gasteiger charge is 2.23. The van der Waals surface area contributed by atoms with E-state index in [1.807, 2.05) is 7.05 Å². The Morgan fingerprint density at radius 2 is 2.25 bits per heavy atom. The summed E-state index contributed by atoms with van der Waals surface area (Å²) in [6.07, 6.45) is 2.75. The van der Waals surface area contributed by atoms with E-state index in [-0.39, 0.29) is 0 Å². The summed E-state index contributed by atoms with van der Waals surface area (Å²) >= 11 is 0. The molecule has 0 bridgehead atoms. The number of nitrogens with one attached hydrogen (secondary N) is 1. The predicted octanol–water partition coefficient (Wildman–Crippen LogP) is 1.33. The van der Waals surface area contributed by atoms with Crippen LogP contribution < -0.4 is 5.32 Å². The normalized spacial score (nSPS) is 25.5. The Morgan fingerprint density at radius 3 is 2.75 bits per heavy atom. The fourth-order valence-electron chi connectivity index (χ4n) is 1.92. The van der Waals surface area contributed by atoms with Gasteiger partial charge in [-0.15, -0.1) is 0 Å². The van der Waals surface area contributed by atoms with Crippen LogP contribution in [0, 0.1) is 5.92 Å². The molecule has 0 aromatic carbocycles. The highest BCUT2D eigenvalue weighted by atomic mass is 15.2. The molecule has 12 heavy (non-hydrogen) atoms. The Kier molecular flexibility index (Phi) is 4.02. The molecule has 0 spiro atoms. The summed E-state index contributed by atoms with van der Waals surface area (Å²) in [5.74, 6) is 0.944. The SMILES string of the molecule is CNCCC1CCN(C(C)C)C1. The van der Waals surface area contributed by atoms with E-state index >= 15 is 0 Å². The lowest BCUT2D eigenvalue weighted by molar-refractivity contribution is 0.263. The summed E-state index contributed by atoms with van der Waals surface area (Å²) in [6.45, 7) is 8.39. The second-order valence-electron chi connectivity index (χ2n) is 4.14. The van der Waals surface area contributed by atoms with E-state index in [4.69, 9.17) is 0 Å². The summed E-state index contributed by atoms with van der Waals surface area (Å²) < 4.78 is 0. The molecule has 1 heterocycles. The molecule has 1 unspecified atom stereocenters. The minimum atomic E-state index is 0.740. The van der Waals surface area contributed by atoms with Crippen molar-refractivity contribution < 1.29 is 0 Å². The van der Waals surface area contributed by atoms with Crippen LogP contribution >= 0.6 is 0 Å². The second kappa shape index (κ2) is 4.83. The number of hydrogen-bond donors (Lipinski definition) is 1. The van der Waals surface area contributed by atoms with Gasteiger partial charge in [-0.3, -0.25) is 0 Å². The zero-order valence-electron chi connectivity index (χ0n) is 8.64. The van der Waals surface area contributed by atoms with Gasteiger partial charge < -0.3 is 10.2 Å². The fraction of sp³-hybridized carbons (Fsp3) is 1.00. The van der Waals surface area contributed by atoms with Crippen LogP contribution in [-0.2, 0) is 0 Å². The Balaban J connectivity index is 2.17. The number of rotatable bonds is 4. The molecule has 1 saturated heterocycles. The molecule has 1 aliphatic heterocycles. The van der Waals surface area contributed by atoms with Gasteiger partial charge in [0.1, 0.15) is 0 Å². The van der Waals surface area contributed by atoms with E-state index in [0.717, 1.165) is 12.0 Å². The van der Waals surface area contributed by atoms with Gasteiger partial charge in [0.05, 0.1) is 0 Å². The van der Waals surface area contributed by atoms with Crippen molar-refractivity contribution in [2.75, 3.05) is 26.7 Å². The summed E-state index contributed by atoms with van der Waals surface area (Å²) in [5.41, 5.74) is 0. The minimum Gasteiger partial charge on any atom is -0.320 e. The molecule has 2 nitrogen and oxygen atoms in total. The maximum absolute atomic E-state index is 3.22. The van der Waals surface area contributed by atoms with Crippen molar-refractivity contribution in [3.05, 3.63) is 0 Å². The topological polar surface area (TPSA) is 15.3 Å². The standard InChI is InChI=1S/C10H22N2/c1-9(2)12-7-5-10(8-12)4-6-11-3/h9-11H,4-8H2,1-3H3. The van der Waals surface area contributed by atoms with Gasteiger partial charge in [0.25, 0.3) is 0 Å². The molecule has 0 radical (unpaired) electrons. The van der Waals surface area contributed by atoms with E-state index in [0.29, 0.717) is 0 Å². The Hall–Kier alpha value is -0.0800. The summed E-state index contributed by atoms with van der Waals surface area (Å²) in [5, 5.41) is 3.22. The smallest absolute Gasteiger partial charge is 0.00387 e. The molecule has 72 valence electrons. The maximum atomic E-state index is 3.22. The van der Waals surface area contributed by atoms with Gasteiger partial charge in [0.2, 0.25) is 0 Å². The van der Waals surface area contributed by atoms with Gasteiger partial charge in [0, 0.05) is 12.6 Å². The van der Waals surface area contributed by atoms with E-state index in [2.05, 4.69) is 24.1 Å². The molecule has 0 saturated carbocycles. The average molecular weight is 170 g/mol. The third kappa shape index (κ3) is 2.76. The summed E-state index contributed by atoms with van der Waals surface area (Å²) in [7, 11) is 2.04. The van der Waals surface area contributed by atoms with E-state index < -0.39 is 0 Å². The van der Waals surface area contributed by atoms with Crippen LogP contribution in [0.5, 0.6) is 0 Å². The molecule has 0 aromatic heterocycles. The van der Waals surface area contributed by atoms with Crippen LogP contribution in [0.1, 0.15) is 26.7 Å². The molecule has 0 aliphatic carbocycles. The maximum Gasteiger partial charge on any atom is 0.00387 e. The third-order valence-corrected chi connectivity index (χ3v) is 2.85.